The molecule has 0 saturated carbocycles. The lowest BCUT2D eigenvalue weighted by molar-refractivity contribution is -0.128. The zero-order chi connectivity index (χ0) is 16.8. The number of aryl methyl sites for hydroxylation is 2. The van der Waals surface area contributed by atoms with Crippen LogP contribution in [0, 0.1) is 13.8 Å². The lowest BCUT2D eigenvalue weighted by Gasteiger charge is -2.17. The SMILES string of the molecule is CCNC(=NCc1c(C)nn(C)c1C)NCC(=O)N1CCCC1. The van der Waals surface area contributed by atoms with Crippen molar-refractivity contribution in [2.45, 2.75) is 40.2 Å². The van der Waals surface area contributed by atoms with Gasteiger partial charge in [-0.2, -0.15) is 5.10 Å². The maximum Gasteiger partial charge on any atom is 0.241 e. The zero-order valence-electron chi connectivity index (χ0n) is 14.6. The van der Waals surface area contributed by atoms with Crippen molar-refractivity contribution >= 4 is 11.9 Å². The van der Waals surface area contributed by atoms with Crippen LogP contribution in [0.2, 0.25) is 0 Å². The van der Waals surface area contributed by atoms with Crippen LogP contribution in [-0.2, 0) is 18.4 Å². The van der Waals surface area contributed by atoms with Crippen molar-refractivity contribution < 1.29 is 4.79 Å². The highest BCUT2D eigenvalue weighted by molar-refractivity contribution is 5.86. The van der Waals surface area contributed by atoms with Crippen LogP contribution in [0.15, 0.2) is 4.99 Å². The van der Waals surface area contributed by atoms with E-state index in [0.717, 1.165) is 49.4 Å². The number of aromatic nitrogens is 2. The van der Waals surface area contributed by atoms with Crippen molar-refractivity contribution in [3.05, 3.63) is 17.0 Å². The summed E-state index contributed by atoms with van der Waals surface area (Å²) in [5.41, 5.74) is 3.25. The molecule has 2 N–H and O–H groups in total. The molecule has 0 aliphatic carbocycles. The Morgan fingerprint density at radius 1 is 1.26 bits per heavy atom. The van der Waals surface area contributed by atoms with E-state index in [9.17, 15) is 4.79 Å². The van der Waals surface area contributed by atoms with Crippen molar-refractivity contribution in [2.24, 2.45) is 12.0 Å². The predicted octanol–water partition coefficient (Wildman–Crippen LogP) is 0.714. The second-order valence-electron chi connectivity index (χ2n) is 5.91. The third-order valence-electron chi connectivity index (χ3n) is 4.26. The summed E-state index contributed by atoms with van der Waals surface area (Å²) < 4.78 is 1.87. The molecular formula is C16H28N6O. The van der Waals surface area contributed by atoms with Gasteiger partial charge in [0.1, 0.15) is 0 Å². The number of carbonyl (C=O) groups excluding carboxylic acids is 1. The van der Waals surface area contributed by atoms with E-state index in [0.29, 0.717) is 12.5 Å². The maximum absolute atomic E-state index is 12.1. The molecule has 7 heteroatoms. The van der Waals surface area contributed by atoms with Gasteiger partial charge in [-0.1, -0.05) is 0 Å². The fourth-order valence-electron chi connectivity index (χ4n) is 2.78. The molecule has 0 bridgehead atoms. The molecule has 0 spiro atoms. The minimum atomic E-state index is 0.141. The Balaban J connectivity index is 1.95. The average Bonchev–Trinajstić information content (AvgIpc) is 3.13. The van der Waals surface area contributed by atoms with Gasteiger partial charge in [-0.05, 0) is 33.6 Å². The summed E-state index contributed by atoms with van der Waals surface area (Å²) >= 11 is 0. The Morgan fingerprint density at radius 3 is 2.52 bits per heavy atom. The zero-order valence-corrected chi connectivity index (χ0v) is 14.6. The molecule has 0 unspecified atom stereocenters. The van der Waals surface area contributed by atoms with Crippen LogP contribution in [0.3, 0.4) is 0 Å². The minimum absolute atomic E-state index is 0.141. The van der Waals surface area contributed by atoms with Gasteiger partial charge in [0.15, 0.2) is 5.96 Å². The van der Waals surface area contributed by atoms with Crippen molar-refractivity contribution in [3.8, 4) is 0 Å². The van der Waals surface area contributed by atoms with E-state index < -0.39 is 0 Å². The highest BCUT2D eigenvalue weighted by Crippen LogP contribution is 2.12. The Labute approximate surface area is 138 Å². The van der Waals surface area contributed by atoms with Gasteiger partial charge in [-0.3, -0.25) is 9.48 Å². The monoisotopic (exact) mass is 320 g/mol. The number of likely N-dealkylation sites (tertiary alicyclic amines) is 1. The molecule has 2 rings (SSSR count). The summed E-state index contributed by atoms with van der Waals surface area (Å²) in [6.45, 7) is 9.41. The van der Waals surface area contributed by atoms with Crippen LogP contribution in [0.5, 0.6) is 0 Å². The summed E-state index contributed by atoms with van der Waals surface area (Å²) in [7, 11) is 1.94. The molecule has 1 saturated heterocycles. The number of hydrogen-bond donors (Lipinski definition) is 2. The van der Waals surface area contributed by atoms with Crippen LogP contribution in [0.25, 0.3) is 0 Å². The molecular weight excluding hydrogens is 292 g/mol. The van der Waals surface area contributed by atoms with E-state index in [-0.39, 0.29) is 12.5 Å². The molecule has 0 aromatic carbocycles. The molecule has 1 amide bonds. The molecule has 0 radical (unpaired) electrons. The molecule has 1 aliphatic heterocycles. The summed E-state index contributed by atoms with van der Waals surface area (Å²) in [4.78, 5) is 18.6. The van der Waals surface area contributed by atoms with Crippen molar-refractivity contribution in [1.29, 1.82) is 0 Å². The van der Waals surface area contributed by atoms with Crippen LogP contribution in [0.1, 0.15) is 36.7 Å². The number of hydrogen-bond acceptors (Lipinski definition) is 3. The maximum atomic E-state index is 12.1. The lowest BCUT2D eigenvalue weighted by Crippen LogP contribution is -2.44. The van der Waals surface area contributed by atoms with Gasteiger partial charge < -0.3 is 15.5 Å². The van der Waals surface area contributed by atoms with E-state index in [1.807, 2.05) is 37.4 Å². The Hall–Kier alpha value is -2.05. The van der Waals surface area contributed by atoms with Crippen molar-refractivity contribution in [2.75, 3.05) is 26.2 Å². The summed E-state index contributed by atoms with van der Waals surface area (Å²) in [5.74, 6) is 0.810. The van der Waals surface area contributed by atoms with E-state index in [1.54, 1.807) is 0 Å². The molecule has 7 nitrogen and oxygen atoms in total. The summed E-state index contributed by atoms with van der Waals surface area (Å²) in [6, 6.07) is 0. The highest BCUT2D eigenvalue weighted by atomic mass is 16.2. The predicted molar refractivity (Wildman–Crippen MR) is 91.3 cm³/mol. The number of nitrogens with one attached hydrogen (secondary N) is 2. The van der Waals surface area contributed by atoms with Gasteiger partial charge in [0.2, 0.25) is 5.91 Å². The molecule has 128 valence electrons. The number of amides is 1. The number of guanidine groups is 1. The first kappa shape index (κ1) is 17.3. The number of carbonyl (C=O) groups is 1. The fraction of sp³-hybridized carbons (Fsp3) is 0.688. The number of nitrogens with zero attached hydrogens (tertiary/aromatic N) is 4. The third-order valence-corrected chi connectivity index (χ3v) is 4.26. The Kier molecular flexibility index (Phi) is 6.01. The average molecular weight is 320 g/mol. The lowest BCUT2D eigenvalue weighted by atomic mass is 10.2. The van der Waals surface area contributed by atoms with Crippen LogP contribution < -0.4 is 10.6 Å². The first-order chi connectivity index (χ1) is 11.0. The van der Waals surface area contributed by atoms with Gasteiger partial charge in [-0.15, -0.1) is 0 Å². The summed E-state index contributed by atoms with van der Waals surface area (Å²) in [6.07, 6.45) is 2.22. The minimum Gasteiger partial charge on any atom is -0.357 e. The number of rotatable bonds is 5. The second-order valence-corrected chi connectivity index (χ2v) is 5.91. The van der Waals surface area contributed by atoms with Crippen LogP contribution in [-0.4, -0.2) is 52.7 Å². The molecule has 2 heterocycles. The van der Waals surface area contributed by atoms with Gasteiger partial charge in [0.05, 0.1) is 18.8 Å². The fourth-order valence-corrected chi connectivity index (χ4v) is 2.78. The van der Waals surface area contributed by atoms with E-state index >= 15 is 0 Å². The quantitative estimate of drug-likeness (QED) is 0.619. The van der Waals surface area contributed by atoms with Gasteiger partial charge in [0.25, 0.3) is 0 Å². The van der Waals surface area contributed by atoms with Crippen molar-refractivity contribution in [1.82, 2.24) is 25.3 Å². The van der Waals surface area contributed by atoms with E-state index in [4.69, 9.17) is 0 Å². The summed E-state index contributed by atoms with van der Waals surface area (Å²) in [5, 5.41) is 10.7. The Morgan fingerprint density at radius 2 is 1.96 bits per heavy atom. The topological polar surface area (TPSA) is 74.5 Å². The standard InChI is InChI=1S/C16H28N6O/c1-5-17-16(19-11-15(23)22-8-6-7-9-22)18-10-14-12(2)20-21(4)13(14)3/h5-11H2,1-4H3,(H2,17,18,19). The number of aliphatic imine (C=N–C) groups is 1. The first-order valence-electron chi connectivity index (χ1n) is 8.32. The molecule has 1 aromatic heterocycles. The largest absolute Gasteiger partial charge is 0.357 e. The van der Waals surface area contributed by atoms with Crippen LogP contribution >= 0.6 is 0 Å². The van der Waals surface area contributed by atoms with E-state index in [1.165, 1.54) is 0 Å². The van der Waals surface area contributed by atoms with Crippen molar-refractivity contribution in [3.63, 3.8) is 0 Å². The highest BCUT2D eigenvalue weighted by Gasteiger charge is 2.17. The first-order valence-corrected chi connectivity index (χ1v) is 8.32. The normalized spacial score (nSPS) is 15.1. The Bertz CT molecular complexity index is 571. The molecule has 1 fully saturated rings. The smallest absolute Gasteiger partial charge is 0.241 e. The molecule has 0 atom stereocenters. The third kappa shape index (κ3) is 4.46. The van der Waals surface area contributed by atoms with Gasteiger partial charge in [0, 0.05) is 37.9 Å². The molecule has 23 heavy (non-hydrogen) atoms. The van der Waals surface area contributed by atoms with E-state index in [2.05, 4.69) is 20.7 Å². The second kappa shape index (κ2) is 7.99. The van der Waals surface area contributed by atoms with Crippen LogP contribution in [0.4, 0.5) is 0 Å². The molecule has 1 aliphatic rings. The van der Waals surface area contributed by atoms with Gasteiger partial charge in [-0.25, -0.2) is 4.99 Å². The van der Waals surface area contributed by atoms with Gasteiger partial charge >= 0.3 is 0 Å². The molecule has 1 aromatic rings.